The van der Waals surface area contributed by atoms with Crippen molar-refractivity contribution >= 4 is 27.5 Å². The number of ketones is 1. The van der Waals surface area contributed by atoms with Gasteiger partial charge in [0.2, 0.25) is 0 Å². The quantitative estimate of drug-likeness (QED) is 0.755. The average Bonchev–Trinajstić information content (AvgIpc) is 2.46. The lowest BCUT2D eigenvalue weighted by atomic mass is 10.1. The second-order valence-corrected chi connectivity index (χ2v) is 6.82. The highest BCUT2D eigenvalue weighted by atomic mass is 35.5. The first kappa shape index (κ1) is 16.5. The molecule has 6 heteroatoms. The molecule has 0 N–H and O–H groups in total. The summed E-state index contributed by atoms with van der Waals surface area (Å²) in [5.41, 5.74) is 0.947. The summed E-state index contributed by atoms with van der Waals surface area (Å²) in [6.07, 6.45) is 1.08. The van der Waals surface area contributed by atoms with Gasteiger partial charge in [0.1, 0.15) is 16.4 Å². The Morgan fingerprint density at radius 2 is 1.82 bits per heavy atom. The van der Waals surface area contributed by atoms with E-state index in [9.17, 15) is 13.2 Å². The van der Waals surface area contributed by atoms with Crippen LogP contribution in [0.5, 0.6) is 5.75 Å². The summed E-state index contributed by atoms with van der Waals surface area (Å²) in [6.45, 7) is 1.54. The van der Waals surface area contributed by atoms with Gasteiger partial charge in [-0.3, -0.25) is 0 Å². The van der Waals surface area contributed by atoms with Crippen LogP contribution in [-0.2, 0) is 21.3 Å². The third-order valence-electron chi connectivity index (χ3n) is 2.98. The fourth-order valence-corrected chi connectivity index (χ4v) is 3.06. The molecule has 0 amide bonds. The second kappa shape index (κ2) is 6.94. The summed E-state index contributed by atoms with van der Waals surface area (Å²) in [6, 6.07) is 12.5. The molecular weight excluding hydrogens is 324 g/mol. The largest absolute Gasteiger partial charge is 0.379 e. The van der Waals surface area contributed by atoms with Crippen molar-refractivity contribution in [3.63, 3.8) is 0 Å². The molecule has 0 unspecified atom stereocenters. The zero-order valence-electron chi connectivity index (χ0n) is 12.0. The predicted octanol–water partition coefficient (Wildman–Crippen LogP) is 3.63. The van der Waals surface area contributed by atoms with Gasteiger partial charge in [-0.2, -0.15) is 8.42 Å². The SMILES string of the molecule is CC(=O)CCc1ccc(OS(=O)(=O)c2cccc(Cl)c2)cc1. The Bertz CT molecular complexity index is 767. The van der Waals surface area contributed by atoms with Crippen molar-refractivity contribution in [3.05, 3.63) is 59.1 Å². The first-order chi connectivity index (χ1) is 10.4. The summed E-state index contributed by atoms with van der Waals surface area (Å²) in [7, 11) is -3.91. The molecule has 0 bridgehead atoms. The highest BCUT2D eigenvalue weighted by Gasteiger charge is 2.16. The normalized spacial score (nSPS) is 11.2. The Balaban J connectivity index is 2.11. The number of carbonyl (C=O) groups excluding carboxylic acids is 1. The lowest BCUT2D eigenvalue weighted by Gasteiger charge is -2.08. The first-order valence-corrected chi connectivity index (χ1v) is 8.44. The molecule has 0 fully saturated rings. The molecule has 0 atom stereocenters. The number of halogens is 1. The van der Waals surface area contributed by atoms with Gasteiger partial charge >= 0.3 is 10.1 Å². The van der Waals surface area contributed by atoms with Crippen LogP contribution in [0.25, 0.3) is 0 Å². The van der Waals surface area contributed by atoms with Crippen LogP contribution in [0.2, 0.25) is 5.02 Å². The highest BCUT2D eigenvalue weighted by Crippen LogP contribution is 2.21. The van der Waals surface area contributed by atoms with Gasteiger partial charge in [0.25, 0.3) is 0 Å². The van der Waals surface area contributed by atoms with E-state index in [1.165, 1.54) is 19.1 Å². The van der Waals surface area contributed by atoms with Gasteiger partial charge in [0.05, 0.1) is 0 Å². The number of Topliss-reactive ketones (excluding diaryl/α,β-unsaturated/α-hetero) is 1. The molecule has 2 aromatic carbocycles. The van der Waals surface area contributed by atoms with Crippen molar-refractivity contribution < 1.29 is 17.4 Å². The predicted molar refractivity (Wildman–Crippen MR) is 84.7 cm³/mol. The lowest BCUT2D eigenvalue weighted by molar-refractivity contribution is -0.116. The molecular formula is C16H15ClO4S. The Hall–Kier alpha value is -1.85. The van der Waals surface area contributed by atoms with E-state index in [-0.39, 0.29) is 16.4 Å². The van der Waals surface area contributed by atoms with E-state index in [1.807, 2.05) is 0 Å². The van der Waals surface area contributed by atoms with Gasteiger partial charge in [-0.25, -0.2) is 0 Å². The summed E-state index contributed by atoms with van der Waals surface area (Å²) >= 11 is 5.79. The van der Waals surface area contributed by atoms with Crippen LogP contribution in [0.15, 0.2) is 53.4 Å². The smallest absolute Gasteiger partial charge is 0.339 e. The topological polar surface area (TPSA) is 60.4 Å². The Kier molecular flexibility index (Phi) is 5.21. The van der Waals surface area contributed by atoms with Crippen LogP contribution in [0.3, 0.4) is 0 Å². The van der Waals surface area contributed by atoms with Gasteiger partial charge in [-0.15, -0.1) is 0 Å². The molecule has 0 aliphatic heterocycles. The van der Waals surface area contributed by atoms with Crippen LogP contribution in [0.1, 0.15) is 18.9 Å². The molecule has 0 aliphatic rings. The van der Waals surface area contributed by atoms with Crippen molar-refractivity contribution in [2.45, 2.75) is 24.7 Å². The number of hydrogen-bond acceptors (Lipinski definition) is 4. The molecule has 0 saturated carbocycles. The summed E-state index contributed by atoms with van der Waals surface area (Å²) in [5.74, 6) is 0.329. The van der Waals surface area contributed by atoms with Crippen LogP contribution < -0.4 is 4.18 Å². The van der Waals surface area contributed by atoms with Crippen LogP contribution in [0.4, 0.5) is 0 Å². The average molecular weight is 339 g/mol. The molecule has 22 heavy (non-hydrogen) atoms. The minimum absolute atomic E-state index is 0.000608. The summed E-state index contributed by atoms with van der Waals surface area (Å²) in [5, 5.41) is 0.323. The van der Waals surface area contributed by atoms with Crippen LogP contribution in [-0.4, -0.2) is 14.2 Å². The Morgan fingerprint density at radius 1 is 1.14 bits per heavy atom. The van der Waals surface area contributed by atoms with Gasteiger partial charge in [0.15, 0.2) is 0 Å². The molecule has 0 heterocycles. The molecule has 4 nitrogen and oxygen atoms in total. The van der Waals surface area contributed by atoms with Gasteiger partial charge in [-0.05, 0) is 49.2 Å². The monoisotopic (exact) mass is 338 g/mol. The molecule has 2 rings (SSSR count). The molecule has 116 valence electrons. The van der Waals surface area contributed by atoms with E-state index < -0.39 is 10.1 Å². The number of rotatable bonds is 6. The maximum absolute atomic E-state index is 12.1. The van der Waals surface area contributed by atoms with E-state index in [4.69, 9.17) is 15.8 Å². The number of benzene rings is 2. The fourth-order valence-electron chi connectivity index (χ4n) is 1.83. The summed E-state index contributed by atoms with van der Waals surface area (Å²) < 4.78 is 29.3. The number of carbonyl (C=O) groups is 1. The van der Waals surface area contributed by atoms with E-state index in [0.717, 1.165) is 5.56 Å². The van der Waals surface area contributed by atoms with Gasteiger partial charge in [-0.1, -0.05) is 29.8 Å². The first-order valence-electron chi connectivity index (χ1n) is 6.65. The van der Waals surface area contributed by atoms with Crippen molar-refractivity contribution in [1.82, 2.24) is 0 Å². The zero-order valence-corrected chi connectivity index (χ0v) is 13.5. The fraction of sp³-hybridized carbons (Fsp3) is 0.188. The van der Waals surface area contributed by atoms with E-state index >= 15 is 0 Å². The van der Waals surface area contributed by atoms with E-state index in [2.05, 4.69) is 0 Å². The lowest BCUT2D eigenvalue weighted by Crippen LogP contribution is -2.09. The molecule has 2 aromatic rings. The second-order valence-electron chi connectivity index (χ2n) is 4.84. The van der Waals surface area contributed by atoms with E-state index in [1.54, 1.807) is 36.4 Å². The third kappa shape index (κ3) is 4.58. The van der Waals surface area contributed by atoms with Crippen molar-refractivity contribution in [3.8, 4) is 5.75 Å². The molecule has 0 aliphatic carbocycles. The van der Waals surface area contributed by atoms with Crippen molar-refractivity contribution in [1.29, 1.82) is 0 Å². The minimum Gasteiger partial charge on any atom is -0.379 e. The molecule has 0 spiro atoms. The standard InChI is InChI=1S/C16H15ClO4S/c1-12(18)5-6-13-7-9-15(10-8-13)21-22(19,20)16-4-2-3-14(17)11-16/h2-4,7-11H,5-6H2,1H3. The van der Waals surface area contributed by atoms with Crippen molar-refractivity contribution in [2.75, 3.05) is 0 Å². The van der Waals surface area contributed by atoms with Crippen molar-refractivity contribution in [2.24, 2.45) is 0 Å². The molecule has 0 radical (unpaired) electrons. The molecule has 0 saturated heterocycles. The zero-order chi connectivity index (χ0) is 16.2. The van der Waals surface area contributed by atoms with Gasteiger partial charge < -0.3 is 8.98 Å². The maximum Gasteiger partial charge on any atom is 0.339 e. The number of hydrogen-bond donors (Lipinski definition) is 0. The van der Waals surface area contributed by atoms with Gasteiger partial charge in [0, 0.05) is 11.4 Å². The van der Waals surface area contributed by atoms with E-state index in [0.29, 0.717) is 17.9 Å². The van der Waals surface area contributed by atoms with Crippen LogP contribution >= 0.6 is 11.6 Å². The Morgan fingerprint density at radius 3 is 2.41 bits per heavy atom. The molecule has 0 aromatic heterocycles. The minimum atomic E-state index is -3.91. The Labute approximate surface area is 134 Å². The highest BCUT2D eigenvalue weighted by molar-refractivity contribution is 7.87. The maximum atomic E-state index is 12.1. The number of aryl methyl sites for hydroxylation is 1. The van der Waals surface area contributed by atoms with Crippen LogP contribution in [0, 0.1) is 0 Å². The summed E-state index contributed by atoms with van der Waals surface area (Å²) in [4.78, 5) is 10.9. The third-order valence-corrected chi connectivity index (χ3v) is 4.46.